The molecule has 28 heavy (non-hydrogen) atoms. The van der Waals surface area contributed by atoms with Gasteiger partial charge >= 0.3 is 0 Å². The van der Waals surface area contributed by atoms with Crippen molar-refractivity contribution in [3.05, 3.63) is 42.2 Å². The molecule has 1 saturated heterocycles. The number of hydrogen-bond donors (Lipinski definition) is 1. The van der Waals surface area contributed by atoms with Crippen LogP contribution in [0.3, 0.4) is 0 Å². The summed E-state index contributed by atoms with van der Waals surface area (Å²) in [7, 11) is 2.18. The second-order valence-corrected chi connectivity index (χ2v) is 7.46. The number of nitrogens with one attached hydrogen (secondary N) is 1. The number of likely N-dealkylation sites (N-methyl/N-ethyl adjacent to an activating group) is 1. The van der Waals surface area contributed by atoms with Crippen LogP contribution in [0.5, 0.6) is 0 Å². The molecule has 1 unspecified atom stereocenters. The van der Waals surface area contributed by atoms with Gasteiger partial charge in [0.05, 0.1) is 20.1 Å². The van der Waals surface area contributed by atoms with Crippen molar-refractivity contribution >= 4 is 17.3 Å². The first-order chi connectivity index (χ1) is 13.7. The lowest BCUT2D eigenvalue weighted by Crippen LogP contribution is -3.09. The van der Waals surface area contributed by atoms with Gasteiger partial charge in [-0.15, -0.1) is 0 Å². The van der Waals surface area contributed by atoms with Gasteiger partial charge in [-0.3, -0.25) is 4.79 Å². The highest BCUT2D eigenvalue weighted by molar-refractivity contribution is 5.76. The summed E-state index contributed by atoms with van der Waals surface area (Å²) in [4.78, 5) is 27.0. The van der Waals surface area contributed by atoms with E-state index in [0.29, 0.717) is 37.6 Å². The van der Waals surface area contributed by atoms with Crippen molar-refractivity contribution in [1.82, 2.24) is 20.0 Å². The van der Waals surface area contributed by atoms with E-state index in [1.54, 1.807) is 6.20 Å². The van der Waals surface area contributed by atoms with Gasteiger partial charge in [0.15, 0.2) is 5.82 Å². The Labute approximate surface area is 164 Å². The Morgan fingerprint density at radius 1 is 1.25 bits per heavy atom. The van der Waals surface area contributed by atoms with Crippen LogP contribution in [-0.2, 0) is 11.2 Å². The largest absolute Gasteiger partial charge is 0.353 e. The van der Waals surface area contributed by atoms with Crippen LogP contribution in [-0.4, -0.2) is 72.2 Å². The normalized spacial score (nSPS) is 20.2. The first-order valence-electron chi connectivity index (χ1n) is 9.96. The lowest BCUT2D eigenvalue weighted by molar-refractivity contribution is -0.874. The van der Waals surface area contributed by atoms with Crippen molar-refractivity contribution in [3.63, 3.8) is 0 Å². The third-order valence-corrected chi connectivity index (χ3v) is 5.43. The van der Waals surface area contributed by atoms with E-state index in [2.05, 4.69) is 33.1 Å². The molecule has 1 atom stereocenters. The number of anilines is 1. The second kappa shape index (κ2) is 8.52. The molecule has 0 saturated carbocycles. The maximum absolute atomic E-state index is 12.5. The van der Waals surface area contributed by atoms with Crippen molar-refractivity contribution in [2.45, 2.75) is 19.3 Å². The van der Waals surface area contributed by atoms with Crippen LogP contribution in [0.25, 0.3) is 5.57 Å². The van der Waals surface area contributed by atoms with E-state index < -0.39 is 0 Å². The number of rotatable bonds is 5. The predicted molar refractivity (Wildman–Crippen MR) is 105 cm³/mol. The fourth-order valence-corrected chi connectivity index (χ4v) is 3.64. The maximum Gasteiger partial charge on any atom is 0.227 e. The summed E-state index contributed by atoms with van der Waals surface area (Å²) >= 11 is 0. The molecule has 1 fully saturated rings. The van der Waals surface area contributed by atoms with Gasteiger partial charge < -0.3 is 19.2 Å². The molecule has 0 aliphatic carbocycles. The number of hydrogen-bond acceptors (Lipinski definition) is 6. The highest BCUT2D eigenvalue weighted by Crippen LogP contribution is 2.17. The van der Waals surface area contributed by atoms with E-state index in [0.717, 1.165) is 44.0 Å². The third-order valence-electron chi connectivity index (χ3n) is 5.43. The van der Waals surface area contributed by atoms with Gasteiger partial charge in [0, 0.05) is 57.2 Å². The SMILES string of the molecule is C[NH+]1CC=C(c2noc(CCC(=O)N3CCN(c4ccccn4)CC3)n2)CC1. The van der Waals surface area contributed by atoms with E-state index in [9.17, 15) is 4.79 Å². The molecular weight excluding hydrogens is 356 g/mol. The van der Waals surface area contributed by atoms with E-state index >= 15 is 0 Å². The molecule has 1 N–H and O–H groups in total. The van der Waals surface area contributed by atoms with Gasteiger partial charge in [-0.2, -0.15) is 4.98 Å². The van der Waals surface area contributed by atoms with Gasteiger partial charge in [0.2, 0.25) is 11.8 Å². The van der Waals surface area contributed by atoms with Gasteiger partial charge in [-0.05, 0) is 18.2 Å². The molecule has 4 rings (SSSR count). The molecule has 2 aromatic heterocycles. The van der Waals surface area contributed by atoms with Crippen LogP contribution in [0.1, 0.15) is 24.6 Å². The van der Waals surface area contributed by atoms with E-state index in [4.69, 9.17) is 4.52 Å². The molecule has 8 heteroatoms. The molecule has 0 aromatic carbocycles. The maximum atomic E-state index is 12.5. The van der Waals surface area contributed by atoms with Crippen molar-refractivity contribution in [1.29, 1.82) is 0 Å². The molecule has 4 heterocycles. The number of quaternary nitrogens is 1. The van der Waals surface area contributed by atoms with E-state index in [1.165, 1.54) is 4.90 Å². The van der Waals surface area contributed by atoms with Crippen molar-refractivity contribution < 1.29 is 14.2 Å². The number of carbonyl (C=O) groups excluding carboxylic acids is 1. The average molecular weight is 383 g/mol. The predicted octanol–water partition coefficient (Wildman–Crippen LogP) is 0.0478. The van der Waals surface area contributed by atoms with Crippen molar-refractivity contribution in [3.8, 4) is 0 Å². The number of piperazine rings is 1. The molecule has 2 aromatic rings. The zero-order valence-corrected chi connectivity index (χ0v) is 16.3. The van der Waals surface area contributed by atoms with Crippen molar-refractivity contribution in [2.75, 3.05) is 51.2 Å². The highest BCUT2D eigenvalue weighted by atomic mass is 16.5. The van der Waals surface area contributed by atoms with Gasteiger partial charge in [-0.25, -0.2) is 4.98 Å². The Morgan fingerprint density at radius 2 is 2.11 bits per heavy atom. The molecule has 0 radical (unpaired) electrons. The van der Waals surface area contributed by atoms with Crippen LogP contribution in [0, 0.1) is 0 Å². The summed E-state index contributed by atoms with van der Waals surface area (Å²) in [5.41, 5.74) is 1.15. The topological polar surface area (TPSA) is 79.8 Å². The average Bonchev–Trinajstić information content (AvgIpc) is 3.22. The minimum absolute atomic E-state index is 0.141. The molecule has 148 valence electrons. The summed E-state index contributed by atoms with van der Waals surface area (Å²) in [6, 6.07) is 5.91. The number of aryl methyl sites for hydroxylation is 1. The highest BCUT2D eigenvalue weighted by Gasteiger charge is 2.23. The molecule has 2 aliphatic heterocycles. The van der Waals surface area contributed by atoms with Crippen LogP contribution < -0.4 is 9.80 Å². The number of carbonyl (C=O) groups is 1. The fourth-order valence-electron chi connectivity index (χ4n) is 3.64. The number of pyridine rings is 1. The summed E-state index contributed by atoms with van der Waals surface area (Å²) in [6.07, 6.45) is 5.83. The Bertz CT molecular complexity index is 826. The minimum Gasteiger partial charge on any atom is -0.353 e. The third kappa shape index (κ3) is 4.39. The lowest BCUT2D eigenvalue weighted by atomic mass is 10.1. The first-order valence-corrected chi connectivity index (χ1v) is 9.96. The first kappa shape index (κ1) is 18.6. The number of aromatic nitrogens is 3. The van der Waals surface area contributed by atoms with Gasteiger partial charge in [0.1, 0.15) is 5.82 Å². The van der Waals surface area contributed by atoms with Gasteiger partial charge in [0.25, 0.3) is 0 Å². The summed E-state index contributed by atoms with van der Waals surface area (Å²) in [6.45, 7) is 5.11. The quantitative estimate of drug-likeness (QED) is 0.786. The van der Waals surface area contributed by atoms with Crippen LogP contribution in [0.15, 0.2) is 35.0 Å². The smallest absolute Gasteiger partial charge is 0.227 e. The number of nitrogens with zero attached hydrogens (tertiary/aromatic N) is 5. The Morgan fingerprint density at radius 3 is 2.82 bits per heavy atom. The zero-order chi connectivity index (χ0) is 19.3. The van der Waals surface area contributed by atoms with Crippen LogP contribution >= 0.6 is 0 Å². The summed E-state index contributed by atoms with van der Waals surface area (Å²) < 4.78 is 5.36. The zero-order valence-electron chi connectivity index (χ0n) is 16.3. The summed E-state index contributed by atoms with van der Waals surface area (Å²) in [5.74, 6) is 2.34. The fraction of sp³-hybridized carbons (Fsp3) is 0.500. The monoisotopic (exact) mass is 383 g/mol. The molecule has 1 amide bonds. The Balaban J connectivity index is 1.25. The van der Waals surface area contributed by atoms with Crippen LogP contribution in [0.2, 0.25) is 0 Å². The summed E-state index contributed by atoms with van der Waals surface area (Å²) in [5, 5.41) is 4.10. The molecule has 0 bridgehead atoms. The minimum atomic E-state index is 0.141. The standard InChI is InChI=1S/C20H26N6O2/c1-24-10-7-16(8-11-24)20-22-18(28-23-20)5-6-19(27)26-14-12-25(13-15-26)17-4-2-3-9-21-17/h2-4,7,9H,5-6,8,10-15H2,1H3/p+1. The van der Waals surface area contributed by atoms with Crippen LogP contribution in [0.4, 0.5) is 5.82 Å². The number of amides is 1. The molecular formula is C20H27N6O2+. The van der Waals surface area contributed by atoms with Gasteiger partial charge in [-0.1, -0.05) is 11.2 Å². The van der Waals surface area contributed by atoms with E-state index in [1.807, 2.05) is 23.1 Å². The van der Waals surface area contributed by atoms with Crippen molar-refractivity contribution in [2.24, 2.45) is 0 Å². The lowest BCUT2D eigenvalue weighted by Gasteiger charge is -2.35. The molecule has 2 aliphatic rings. The second-order valence-electron chi connectivity index (χ2n) is 7.46. The Hall–Kier alpha value is -2.74. The Kier molecular flexibility index (Phi) is 5.66. The van der Waals surface area contributed by atoms with E-state index in [-0.39, 0.29) is 5.91 Å². The molecule has 8 nitrogen and oxygen atoms in total. The molecule has 0 spiro atoms.